The number of piperazine rings is 1. The molecular weight excluding hydrogens is 478 g/mol. The molecule has 3 aromatic rings. The number of benzene rings is 1. The quantitative estimate of drug-likeness (QED) is 0.556. The largest absolute Gasteiger partial charge is 0.444 e. The Bertz CT molecular complexity index is 1030. The number of hydrogen-bond acceptors (Lipinski definition) is 5. The molecule has 29 heavy (non-hydrogen) atoms. The summed E-state index contributed by atoms with van der Waals surface area (Å²) in [4.78, 5) is 29.5. The van der Waals surface area contributed by atoms with E-state index in [1.807, 2.05) is 28.5 Å². The monoisotopic (exact) mass is 493 g/mol. The van der Waals surface area contributed by atoms with Crippen LogP contribution >= 0.6 is 38.9 Å². The molecule has 1 aliphatic heterocycles. The maximum Gasteiger partial charge on any atom is 0.291 e. The van der Waals surface area contributed by atoms with Gasteiger partial charge in [-0.15, -0.1) is 11.3 Å². The first-order valence-corrected chi connectivity index (χ1v) is 11.0. The number of carbonyl (C=O) groups excluding carboxylic acids is 2. The van der Waals surface area contributed by atoms with Gasteiger partial charge in [-0.25, -0.2) is 0 Å². The fourth-order valence-corrected chi connectivity index (χ4v) is 4.47. The van der Waals surface area contributed by atoms with Crippen LogP contribution in [0.15, 0.2) is 56.9 Å². The molecule has 1 fully saturated rings. The van der Waals surface area contributed by atoms with Crippen molar-refractivity contribution in [2.45, 2.75) is 0 Å². The molecule has 0 bridgehead atoms. The van der Waals surface area contributed by atoms with Crippen molar-refractivity contribution in [1.82, 2.24) is 4.90 Å². The van der Waals surface area contributed by atoms with Gasteiger partial charge in [-0.3, -0.25) is 9.59 Å². The van der Waals surface area contributed by atoms with Gasteiger partial charge in [-0.05, 0) is 57.7 Å². The fraction of sp³-hybridized carbons (Fsp3) is 0.200. The molecule has 0 spiro atoms. The van der Waals surface area contributed by atoms with E-state index >= 15 is 0 Å². The smallest absolute Gasteiger partial charge is 0.291 e. The van der Waals surface area contributed by atoms with Crippen LogP contribution in [0.1, 0.15) is 20.2 Å². The van der Waals surface area contributed by atoms with Crippen LogP contribution in [0.4, 0.5) is 11.4 Å². The summed E-state index contributed by atoms with van der Waals surface area (Å²) in [5.41, 5.74) is 1.47. The van der Waals surface area contributed by atoms with Gasteiger partial charge in [-0.1, -0.05) is 17.7 Å². The molecular formula is C20H17BrClN3O3S. The molecule has 6 nitrogen and oxygen atoms in total. The van der Waals surface area contributed by atoms with Gasteiger partial charge in [0.2, 0.25) is 0 Å². The van der Waals surface area contributed by atoms with E-state index in [9.17, 15) is 9.59 Å². The highest BCUT2D eigenvalue weighted by Gasteiger charge is 2.24. The zero-order chi connectivity index (χ0) is 20.4. The molecule has 2 aromatic heterocycles. The first kappa shape index (κ1) is 20.0. The number of amides is 2. The van der Waals surface area contributed by atoms with Crippen molar-refractivity contribution in [2.75, 3.05) is 36.4 Å². The lowest BCUT2D eigenvalue weighted by Gasteiger charge is -2.36. The maximum absolute atomic E-state index is 12.5. The minimum Gasteiger partial charge on any atom is -0.444 e. The summed E-state index contributed by atoms with van der Waals surface area (Å²) in [7, 11) is 0. The Kier molecular flexibility index (Phi) is 5.94. The van der Waals surface area contributed by atoms with Gasteiger partial charge < -0.3 is 19.5 Å². The lowest BCUT2D eigenvalue weighted by molar-refractivity contribution is 0.0751. The average molecular weight is 495 g/mol. The third-order valence-electron chi connectivity index (χ3n) is 4.64. The summed E-state index contributed by atoms with van der Waals surface area (Å²) in [5.74, 6) is -0.0582. The lowest BCUT2D eigenvalue weighted by Crippen LogP contribution is -2.48. The number of carbonyl (C=O) groups is 2. The summed E-state index contributed by atoms with van der Waals surface area (Å²) in [5, 5.41) is 5.23. The predicted molar refractivity (Wildman–Crippen MR) is 118 cm³/mol. The average Bonchev–Trinajstić information content (AvgIpc) is 3.40. The predicted octanol–water partition coefficient (Wildman–Crippen LogP) is 4.97. The van der Waals surface area contributed by atoms with E-state index in [-0.39, 0.29) is 17.6 Å². The molecule has 0 atom stereocenters. The van der Waals surface area contributed by atoms with Crippen LogP contribution in [-0.4, -0.2) is 42.9 Å². The van der Waals surface area contributed by atoms with Gasteiger partial charge in [0.25, 0.3) is 11.8 Å². The van der Waals surface area contributed by atoms with Crippen molar-refractivity contribution in [2.24, 2.45) is 0 Å². The summed E-state index contributed by atoms with van der Waals surface area (Å²) in [6.07, 6.45) is 0. The minimum atomic E-state index is -0.347. The second-order valence-electron chi connectivity index (χ2n) is 6.48. The molecule has 4 rings (SSSR count). The van der Waals surface area contributed by atoms with E-state index in [1.54, 1.807) is 24.3 Å². The van der Waals surface area contributed by atoms with Crippen LogP contribution in [-0.2, 0) is 0 Å². The van der Waals surface area contributed by atoms with Crippen LogP contribution in [0, 0.1) is 0 Å². The first-order valence-electron chi connectivity index (χ1n) is 8.95. The summed E-state index contributed by atoms with van der Waals surface area (Å²) >= 11 is 11.1. The van der Waals surface area contributed by atoms with E-state index < -0.39 is 0 Å². The zero-order valence-corrected chi connectivity index (χ0v) is 18.4. The highest BCUT2D eigenvalue weighted by atomic mass is 79.9. The third-order valence-corrected chi connectivity index (χ3v) is 6.23. The molecule has 1 saturated heterocycles. The maximum atomic E-state index is 12.5. The van der Waals surface area contributed by atoms with Crippen molar-refractivity contribution < 1.29 is 14.0 Å². The van der Waals surface area contributed by atoms with Gasteiger partial charge >= 0.3 is 0 Å². The van der Waals surface area contributed by atoms with E-state index in [1.165, 1.54) is 11.3 Å². The Hall–Kier alpha value is -2.29. The summed E-state index contributed by atoms with van der Waals surface area (Å²) in [6, 6.07) is 12.4. The van der Waals surface area contributed by atoms with Gasteiger partial charge in [-0.2, -0.15) is 0 Å². The van der Waals surface area contributed by atoms with Crippen molar-refractivity contribution in [3.05, 3.63) is 68.2 Å². The Labute approximate surface area is 185 Å². The Morgan fingerprint density at radius 3 is 2.52 bits per heavy atom. The van der Waals surface area contributed by atoms with Gasteiger partial charge in [0.05, 0.1) is 15.6 Å². The van der Waals surface area contributed by atoms with Crippen LogP contribution in [0.2, 0.25) is 5.02 Å². The standard InChI is InChI=1S/C20H17BrClN3O3S/c21-18-6-5-16(28-18)19(26)23-13-3-4-15(14(22)12-13)24-7-9-25(10-8-24)20(27)17-2-1-11-29-17/h1-6,11-12H,7-10H2,(H,23,26). The van der Waals surface area contributed by atoms with Gasteiger partial charge in [0, 0.05) is 31.9 Å². The second kappa shape index (κ2) is 8.61. The third kappa shape index (κ3) is 4.49. The Morgan fingerprint density at radius 1 is 1.10 bits per heavy atom. The molecule has 150 valence electrons. The van der Waals surface area contributed by atoms with Crippen molar-refractivity contribution >= 4 is 62.1 Å². The molecule has 1 N–H and O–H groups in total. The van der Waals surface area contributed by atoms with Crippen LogP contribution in [0.25, 0.3) is 0 Å². The number of rotatable bonds is 4. The highest BCUT2D eigenvalue weighted by molar-refractivity contribution is 9.10. The van der Waals surface area contributed by atoms with Gasteiger partial charge in [0.1, 0.15) is 0 Å². The zero-order valence-electron chi connectivity index (χ0n) is 15.2. The van der Waals surface area contributed by atoms with Crippen LogP contribution in [0.3, 0.4) is 0 Å². The molecule has 1 aliphatic rings. The van der Waals surface area contributed by atoms with E-state index in [4.69, 9.17) is 16.0 Å². The molecule has 2 amide bonds. The Morgan fingerprint density at radius 2 is 1.90 bits per heavy atom. The molecule has 1 aromatic carbocycles. The summed E-state index contributed by atoms with van der Waals surface area (Å²) in [6.45, 7) is 2.67. The molecule has 3 heterocycles. The molecule has 0 saturated carbocycles. The number of hydrogen-bond donors (Lipinski definition) is 1. The van der Waals surface area contributed by atoms with Gasteiger partial charge in [0.15, 0.2) is 10.4 Å². The number of nitrogens with one attached hydrogen (secondary N) is 1. The minimum absolute atomic E-state index is 0.0772. The SMILES string of the molecule is O=C(Nc1ccc(N2CCN(C(=O)c3cccs3)CC2)c(Cl)c1)c1ccc(Br)o1. The first-order chi connectivity index (χ1) is 14.0. The molecule has 0 unspecified atom stereocenters. The number of halogens is 2. The van der Waals surface area contributed by atoms with E-state index in [2.05, 4.69) is 26.1 Å². The number of nitrogens with zero attached hydrogens (tertiary/aromatic N) is 2. The lowest BCUT2D eigenvalue weighted by atomic mass is 10.2. The Balaban J connectivity index is 1.38. The van der Waals surface area contributed by atoms with E-state index in [0.29, 0.717) is 41.6 Å². The van der Waals surface area contributed by atoms with Crippen LogP contribution < -0.4 is 10.2 Å². The number of anilines is 2. The van der Waals surface area contributed by atoms with Crippen molar-refractivity contribution in [3.8, 4) is 0 Å². The number of thiophene rings is 1. The highest BCUT2D eigenvalue weighted by Crippen LogP contribution is 2.30. The van der Waals surface area contributed by atoms with Crippen molar-refractivity contribution in [1.29, 1.82) is 0 Å². The molecule has 0 aliphatic carbocycles. The fourth-order valence-electron chi connectivity index (χ4n) is 3.18. The summed E-state index contributed by atoms with van der Waals surface area (Å²) < 4.78 is 5.75. The number of furan rings is 1. The van der Waals surface area contributed by atoms with Crippen molar-refractivity contribution in [3.63, 3.8) is 0 Å². The normalized spacial score (nSPS) is 14.1. The van der Waals surface area contributed by atoms with E-state index in [0.717, 1.165) is 10.6 Å². The molecule has 9 heteroatoms. The second-order valence-corrected chi connectivity index (χ2v) is 8.62. The molecule has 0 radical (unpaired) electrons. The topological polar surface area (TPSA) is 65.8 Å². The van der Waals surface area contributed by atoms with Crippen LogP contribution in [0.5, 0.6) is 0 Å².